The Bertz CT molecular complexity index is 772. The number of carbonyl (C=O) groups is 2. The lowest BCUT2D eigenvalue weighted by atomic mass is 10.2. The normalized spacial score (nSPS) is 20.8. The second-order valence-electron chi connectivity index (χ2n) is 7.52. The predicted octanol–water partition coefficient (Wildman–Crippen LogP) is 2.52. The van der Waals surface area contributed by atoms with E-state index in [9.17, 15) is 14.7 Å². The summed E-state index contributed by atoms with van der Waals surface area (Å²) in [5.74, 6) is -0.209. The number of nitrogens with zero attached hydrogens (tertiary/aromatic N) is 3. The first kappa shape index (κ1) is 22.1. The molecule has 158 valence electrons. The molecule has 29 heavy (non-hydrogen) atoms. The van der Waals surface area contributed by atoms with Crippen molar-refractivity contribution in [1.82, 2.24) is 14.7 Å². The number of aliphatic hydroxyl groups excluding tert-OH is 1. The molecular weight excluding hydrogens is 413 g/mol. The first-order valence-corrected chi connectivity index (χ1v) is 10.8. The Morgan fingerprint density at radius 2 is 2.00 bits per heavy atom. The van der Waals surface area contributed by atoms with E-state index in [0.717, 1.165) is 37.9 Å². The van der Waals surface area contributed by atoms with Gasteiger partial charge in [-0.2, -0.15) is 0 Å². The number of hydrogen-bond donors (Lipinski definition) is 1. The third-order valence-corrected chi connectivity index (χ3v) is 6.31. The monoisotopic (exact) mass is 439 g/mol. The molecule has 1 aromatic carbocycles. The van der Waals surface area contributed by atoms with E-state index in [1.807, 2.05) is 4.90 Å². The molecule has 2 fully saturated rings. The van der Waals surface area contributed by atoms with Gasteiger partial charge in [-0.05, 0) is 49.6 Å². The first-order valence-electron chi connectivity index (χ1n) is 10.0. The maximum absolute atomic E-state index is 12.4. The summed E-state index contributed by atoms with van der Waals surface area (Å²) < 4.78 is 0. The molecule has 0 radical (unpaired) electrons. The third-order valence-electron chi connectivity index (χ3n) is 5.58. The quantitative estimate of drug-likeness (QED) is 0.662. The van der Waals surface area contributed by atoms with Crippen LogP contribution in [0.2, 0.25) is 10.0 Å². The maximum atomic E-state index is 12.4. The highest BCUT2D eigenvalue weighted by Crippen LogP contribution is 2.23. The summed E-state index contributed by atoms with van der Waals surface area (Å²) in [4.78, 5) is 30.5. The Morgan fingerprint density at radius 3 is 2.72 bits per heavy atom. The van der Waals surface area contributed by atoms with E-state index < -0.39 is 0 Å². The van der Waals surface area contributed by atoms with Gasteiger partial charge in [0, 0.05) is 38.3 Å². The molecule has 2 amide bonds. The molecule has 2 saturated heterocycles. The van der Waals surface area contributed by atoms with E-state index in [1.165, 1.54) is 6.08 Å². The summed E-state index contributed by atoms with van der Waals surface area (Å²) >= 11 is 11.9. The van der Waals surface area contributed by atoms with Crippen LogP contribution in [0.3, 0.4) is 0 Å². The number of aliphatic hydroxyl groups is 1. The van der Waals surface area contributed by atoms with Crippen LogP contribution < -0.4 is 0 Å². The van der Waals surface area contributed by atoms with Crippen LogP contribution in [0.1, 0.15) is 24.8 Å². The fraction of sp³-hybridized carbons (Fsp3) is 0.524. The van der Waals surface area contributed by atoms with Gasteiger partial charge in [0.05, 0.1) is 16.7 Å². The van der Waals surface area contributed by atoms with Crippen molar-refractivity contribution in [2.45, 2.75) is 25.3 Å². The van der Waals surface area contributed by atoms with Crippen molar-refractivity contribution in [1.29, 1.82) is 0 Å². The number of piperazine rings is 1. The summed E-state index contributed by atoms with van der Waals surface area (Å²) in [5, 5.41) is 10.3. The minimum Gasteiger partial charge on any atom is -0.395 e. The minimum atomic E-state index is -0.188. The van der Waals surface area contributed by atoms with Gasteiger partial charge in [0.25, 0.3) is 0 Å². The van der Waals surface area contributed by atoms with E-state index in [1.54, 1.807) is 29.2 Å². The zero-order chi connectivity index (χ0) is 20.8. The molecule has 2 aliphatic heterocycles. The molecule has 2 aliphatic rings. The van der Waals surface area contributed by atoms with Gasteiger partial charge in [-0.1, -0.05) is 29.3 Å². The highest BCUT2D eigenvalue weighted by atomic mass is 35.5. The Hall–Kier alpha value is -1.60. The van der Waals surface area contributed by atoms with Crippen molar-refractivity contribution in [3.63, 3.8) is 0 Å². The average molecular weight is 440 g/mol. The number of amides is 2. The Kier molecular flexibility index (Phi) is 7.95. The fourth-order valence-electron chi connectivity index (χ4n) is 3.88. The summed E-state index contributed by atoms with van der Waals surface area (Å²) in [5.41, 5.74) is 0.779. The largest absolute Gasteiger partial charge is 0.395 e. The average Bonchev–Trinajstić information content (AvgIpc) is 3.17. The molecule has 1 aromatic rings. The van der Waals surface area contributed by atoms with Crippen LogP contribution in [-0.2, 0) is 9.59 Å². The number of carbonyl (C=O) groups excluding carboxylic acids is 2. The van der Waals surface area contributed by atoms with Crippen molar-refractivity contribution in [2.24, 2.45) is 0 Å². The highest BCUT2D eigenvalue weighted by Gasteiger charge is 2.27. The van der Waals surface area contributed by atoms with Crippen LogP contribution in [0.5, 0.6) is 0 Å². The SMILES string of the molecule is O=C(C=Cc1ccc(Cl)c(Cl)c1)N1CCN(CCCN2CCC[C@@H]2CO)C(=O)C1. The number of benzene rings is 1. The number of likely N-dealkylation sites (tertiary alicyclic amines) is 1. The third kappa shape index (κ3) is 5.95. The van der Waals surface area contributed by atoms with Gasteiger partial charge < -0.3 is 14.9 Å². The summed E-state index contributed by atoms with van der Waals surface area (Å²) in [6.07, 6.45) is 6.19. The van der Waals surface area contributed by atoms with Gasteiger partial charge >= 0.3 is 0 Å². The van der Waals surface area contributed by atoms with Gasteiger partial charge in [-0.3, -0.25) is 14.5 Å². The van der Waals surface area contributed by atoms with Crippen LogP contribution >= 0.6 is 23.2 Å². The lowest BCUT2D eigenvalue weighted by molar-refractivity contribution is -0.142. The lowest BCUT2D eigenvalue weighted by Crippen LogP contribution is -2.52. The Morgan fingerprint density at radius 1 is 1.17 bits per heavy atom. The fourth-order valence-corrected chi connectivity index (χ4v) is 4.19. The molecule has 0 spiro atoms. The second kappa shape index (κ2) is 10.4. The first-order chi connectivity index (χ1) is 14.0. The molecule has 2 heterocycles. The number of halogens is 2. The molecule has 8 heteroatoms. The van der Waals surface area contributed by atoms with Crippen LogP contribution in [0, 0.1) is 0 Å². The molecule has 6 nitrogen and oxygen atoms in total. The van der Waals surface area contributed by atoms with E-state index in [4.69, 9.17) is 23.2 Å². The van der Waals surface area contributed by atoms with Crippen molar-refractivity contribution in [2.75, 3.05) is 45.9 Å². The van der Waals surface area contributed by atoms with Gasteiger partial charge in [-0.15, -0.1) is 0 Å². The molecule has 0 bridgehead atoms. The summed E-state index contributed by atoms with van der Waals surface area (Å²) in [7, 11) is 0. The highest BCUT2D eigenvalue weighted by molar-refractivity contribution is 6.42. The van der Waals surface area contributed by atoms with E-state index in [-0.39, 0.29) is 31.0 Å². The summed E-state index contributed by atoms with van der Waals surface area (Å²) in [6, 6.07) is 5.42. The Labute approximate surface area is 181 Å². The zero-order valence-corrected chi connectivity index (χ0v) is 17.9. The molecule has 0 aliphatic carbocycles. The zero-order valence-electron chi connectivity index (χ0n) is 16.4. The van der Waals surface area contributed by atoms with Gasteiger partial charge in [0.15, 0.2) is 0 Å². The van der Waals surface area contributed by atoms with Gasteiger partial charge in [0.1, 0.15) is 6.54 Å². The number of rotatable bonds is 7. The Balaban J connectivity index is 1.44. The second-order valence-corrected chi connectivity index (χ2v) is 8.33. The maximum Gasteiger partial charge on any atom is 0.247 e. The van der Waals surface area contributed by atoms with Crippen LogP contribution in [0.25, 0.3) is 6.08 Å². The minimum absolute atomic E-state index is 0.0207. The molecule has 0 saturated carbocycles. The molecule has 0 aromatic heterocycles. The van der Waals surface area contributed by atoms with Crippen molar-refractivity contribution in [3.05, 3.63) is 39.9 Å². The van der Waals surface area contributed by atoms with Crippen LogP contribution in [-0.4, -0.2) is 83.5 Å². The molecular formula is C21H27Cl2N3O3. The topological polar surface area (TPSA) is 64.1 Å². The lowest BCUT2D eigenvalue weighted by Gasteiger charge is -2.34. The van der Waals surface area contributed by atoms with Gasteiger partial charge in [-0.25, -0.2) is 0 Å². The van der Waals surface area contributed by atoms with E-state index in [0.29, 0.717) is 29.7 Å². The van der Waals surface area contributed by atoms with Crippen LogP contribution in [0.15, 0.2) is 24.3 Å². The van der Waals surface area contributed by atoms with Crippen molar-refractivity contribution < 1.29 is 14.7 Å². The van der Waals surface area contributed by atoms with E-state index >= 15 is 0 Å². The van der Waals surface area contributed by atoms with E-state index in [2.05, 4.69) is 4.90 Å². The molecule has 1 N–H and O–H groups in total. The molecule has 3 rings (SSSR count). The smallest absolute Gasteiger partial charge is 0.247 e. The van der Waals surface area contributed by atoms with Gasteiger partial charge in [0.2, 0.25) is 11.8 Å². The van der Waals surface area contributed by atoms with Crippen LogP contribution in [0.4, 0.5) is 0 Å². The molecule has 0 unspecified atom stereocenters. The van der Waals surface area contributed by atoms with Crippen molar-refractivity contribution in [3.8, 4) is 0 Å². The summed E-state index contributed by atoms with van der Waals surface area (Å²) in [6.45, 7) is 3.99. The number of hydrogen-bond acceptors (Lipinski definition) is 4. The van der Waals surface area contributed by atoms with Crippen molar-refractivity contribution >= 4 is 41.1 Å². The molecule has 1 atom stereocenters. The standard InChI is InChI=1S/C21H27Cl2N3O3/c22-18-6-4-16(13-19(18)23)5-7-20(28)26-12-11-25(21(29)14-26)10-2-9-24-8-1-3-17(24)15-27/h4-7,13,17,27H,1-3,8-12,14-15H2/t17-/m1/s1. The predicted molar refractivity (Wildman–Crippen MR) is 115 cm³/mol.